The highest BCUT2D eigenvalue weighted by atomic mass is 16.6. The fraction of sp³-hybridized carbons (Fsp3) is 0.417. The summed E-state index contributed by atoms with van der Waals surface area (Å²) in [5, 5.41) is 2.50. The van der Waals surface area contributed by atoms with Crippen molar-refractivity contribution in [3.63, 3.8) is 0 Å². The normalized spacial score (nSPS) is 21.8. The molecule has 0 spiro atoms. The molecule has 1 fully saturated rings. The van der Waals surface area contributed by atoms with Gasteiger partial charge < -0.3 is 14.8 Å². The lowest BCUT2D eigenvalue weighted by Gasteiger charge is -2.11. The van der Waals surface area contributed by atoms with Crippen LogP contribution in [0.25, 0.3) is 0 Å². The van der Waals surface area contributed by atoms with E-state index in [0.717, 1.165) is 0 Å². The van der Waals surface area contributed by atoms with E-state index in [1.165, 1.54) is 0 Å². The first-order valence-corrected chi connectivity index (χ1v) is 5.06. The lowest BCUT2D eigenvalue weighted by Crippen LogP contribution is -2.21. The average molecular weight is 224 g/mol. The third kappa shape index (κ3) is 2.66. The molecule has 1 N–H and O–H groups in total. The second kappa shape index (κ2) is 4.43. The van der Waals surface area contributed by atoms with E-state index in [4.69, 9.17) is 13.6 Å². The third-order valence-corrected chi connectivity index (χ3v) is 2.14. The Balaban J connectivity index is 2.18. The van der Waals surface area contributed by atoms with E-state index in [2.05, 4.69) is 5.32 Å². The molecule has 4 nitrogen and oxygen atoms in total. The lowest BCUT2D eigenvalue weighted by atomic mass is 10.1. The summed E-state index contributed by atoms with van der Waals surface area (Å²) in [6, 6.07) is 0.270. The van der Waals surface area contributed by atoms with Gasteiger partial charge in [-0.3, -0.25) is 0 Å². The number of benzene rings is 1. The van der Waals surface area contributed by atoms with Crippen molar-refractivity contribution in [1.29, 1.82) is 0 Å². The number of amides is 1. The van der Waals surface area contributed by atoms with E-state index in [-0.39, 0.29) is 30.5 Å². The molecule has 1 saturated heterocycles. The summed E-state index contributed by atoms with van der Waals surface area (Å²) >= 11 is 0. The molecule has 0 bridgehead atoms. The summed E-state index contributed by atoms with van der Waals surface area (Å²) < 4.78 is 33.9. The summed E-state index contributed by atoms with van der Waals surface area (Å²) in [6.07, 6.45) is -0.901. The summed E-state index contributed by atoms with van der Waals surface area (Å²) in [4.78, 5) is 10.9. The number of hydrogen-bond donors (Lipinski definition) is 1. The molecule has 0 saturated carbocycles. The highest BCUT2D eigenvalue weighted by molar-refractivity contribution is 5.69. The number of nitrogens with one attached hydrogen (secondary N) is 1. The van der Waals surface area contributed by atoms with E-state index in [1.54, 1.807) is 13.8 Å². The van der Waals surface area contributed by atoms with Gasteiger partial charge in [0.1, 0.15) is 12.4 Å². The standard InChI is InChI=1S/C12H15NO3/c1-8-3-9(2)5-10(4-8)15-7-11-6-13-12(14)16-11/h3-5,11H,6-7H2,1-2H3,(H,13,14)/i3D,4D,5D. The van der Waals surface area contributed by atoms with Crippen LogP contribution in [0.1, 0.15) is 15.2 Å². The lowest BCUT2D eigenvalue weighted by molar-refractivity contribution is 0.105. The Hall–Kier alpha value is -1.71. The minimum Gasteiger partial charge on any atom is -0.490 e. The molecule has 1 aliphatic rings. The Morgan fingerprint density at radius 1 is 1.50 bits per heavy atom. The molecule has 1 atom stereocenters. The second-order valence-corrected chi connectivity index (χ2v) is 3.67. The van der Waals surface area contributed by atoms with Crippen molar-refractivity contribution in [2.75, 3.05) is 13.2 Å². The zero-order valence-electron chi connectivity index (χ0n) is 12.2. The number of cyclic esters (lactones) is 1. The van der Waals surface area contributed by atoms with Gasteiger partial charge in [0.05, 0.1) is 10.7 Å². The first kappa shape index (κ1) is 7.54. The number of carbonyl (C=O) groups is 1. The monoisotopic (exact) mass is 224 g/mol. The maximum Gasteiger partial charge on any atom is 0.407 e. The average Bonchev–Trinajstić information content (AvgIpc) is 2.80. The van der Waals surface area contributed by atoms with Crippen LogP contribution in [0.5, 0.6) is 5.75 Å². The molecule has 1 amide bonds. The molecule has 0 aromatic heterocycles. The predicted octanol–water partition coefficient (Wildman–Crippen LogP) is 1.79. The van der Waals surface area contributed by atoms with Crippen molar-refractivity contribution in [3.8, 4) is 5.75 Å². The van der Waals surface area contributed by atoms with Gasteiger partial charge in [-0.1, -0.05) is 6.04 Å². The van der Waals surface area contributed by atoms with Gasteiger partial charge in [-0.15, -0.1) is 0 Å². The highest BCUT2D eigenvalue weighted by Gasteiger charge is 2.22. The first-order valence-electron chi connectivity index (χ1n) is 6.56. The van der Waals surface area contributed by atoms with E-state index in [0.29, 0.717) is 17.7 Å². The minimum absolute atomic E-state index is 0.0397. The SMILES string of the molecule is [2H]c1c(C)c([2H])c(OCC2CNC(=O)O2)c([2H])c1C. The van der Waals surface area contributed by atoms with Crippen molar-refractivity contribution < 1.29 is 18.4 Å². The molecule has 1 aromatic rings. The fourth-order valence-electron chi connectivity index (χ4n) is 1.49. The van der Waals surface area contributed by atoms with Gasteiger partial charge in [0.25, 0.3) is 0 Å². The summed E-state index contributed by atoms with van der Waals surface area (Å²) in [6.45, 7) is 3.75. The van der Waals surface area contributed by atoms with Crippen LogP contribution in [0.4, 0.5) is 4.79 Å². The molecule has 1 aromatic carbocycles. The van der Waals surface area contributed by atoms with Crippen LogP contribution in [-0.2, 0) is 4.74 Å². The quantitative estimate of drug-likeness (QED) is 0.851. The van der Waals surface area contributed by atoms with E-state index >= 15 is 0 Å². The summed E-state index contributed by atoms with van der Waals surface area (Å²) in [5.74, 6) is 0.133. The molecule has 16 heavy (non-hydrogen) atoms. The van der Waals surface area contributed by atoms with Crippen LogP contribution >= 0.6 is 0 Å². The van der Waals surface area contributed by atoms with Gasteiger partial charge in [0.15, 0.2) is 6.10 Å². The molecule has 0 radical (unpaired) electrons. The Bertz CT molecular complexity index is 504. The molecule has 1 aliphatic heterocycles. The topological polar surface area (TPSA) is 47.6 Å². The van der Waals surface area contributed by atoms with Gasteiger partial charge in [0.2, 0.25) is 0 Å². The fourth-order valence-corrected chi connectivity index (χ4v) is 1.49. The number of rotatable bonds is 3. The largest absolute Gasteiger partial charge is 0.490 e. The molecule has 4 heteroatoms. The van der Waals surface area contributed by atoms with Crippen LogP contribution in [0.3, 0.4) is 0 Å². The van der Waals surface area contributed by atoms with Crippen LogP contribution < -0.4 is 10.1 Å². The summed E-state index contributed by atoms with van der Waals surface area (Å²) in [7, 11) is 0. The molecule has 86 valence electrons. The minimum atomic E-state index is -0.486. The van der Waals surface area contributed by atoms with E-state index in [1.807, 2.05) is 0 Å². The Kier molecular flexibility index (Phi) is 2.09. The smallest absolute Gasteiger partial charge is 0.407 e. The maximum atomic E-state index is 10.9. The zero-order valence-corrected chi connectivity index (χ0v) is 9.22. The molecular formula is C12H15NO3. The zero-order chi connectivity index (χ0) is 14.2. The van der Waals surface area contributed by atoms with Gasteiger partial charge >= 0.3 is 6.09 Å². The molecule has 0 aliphatic carbocycles. The Morgan fingerprint density at radius 3 is 2.75 bits per heavy atom. The number of carbonyl (C=O) groups excluding carboxylic acids is 1. The predicted molar refractivity (Wildman–Crippen MR) is 59.7 cm³/mol. The van der Waals surface area contributed by atoms with Gasteiger partial charge in [-0.2, -0.15) is 0 Å². The number of ether oxygens (including phenoxy) is 2. The van der Waals surface area contributed by atoms with E-state index < -0.39 is 12.2 Å². The molecule has 1 unspecified atom stereocenters. The summed E-state index contributed by atoms with van der Waals surface area (Å²) in [5.41, 5.74) is 0.954. The Labute approximate surface area is 98.8 Å². The maximum absolute atomic E-state index is 10.9. The van der Waals surface area contributed by atoms with Crippen LogP contribution in [-0.4, -0.2) is 25.3 Å². The van der Waals surface area contributed by atoms with Crippen LogP contribution in [0.15, 0.2) is 18.1 Å². The molecule has 1 heterocycles. The molecular weight excluding hydrogens is 206 g/mol. The van der Waals surface area contributed by atoms with Crippen LogP contribution in [0.2, 0.25) is 0 Å². The second-order valence-electron chi connectivity index (χ2n) is 3.67. The van der Waals surface area contributed by atoms with Gasteiger partial charge in [-0.05, 0) is 37.1 Å². The van der Waals surface area contributed by atoms with Crippen molar-refractivity contribution in [3.05, 3.63) is 29.3 Å². The van der Waals surface area contributed by atoms with Gasteiger partial charge in [-0.25, -0.2) is 4.79 Å². The third-order valence-electron chi connectivity index (χ3n) is 2.14. The van der Waals surface area contributed by atoms with Crippen molar-refractivity contribution in [2.24, 2.45) is 0 Å². The first-order chi connectivity index (χ1) is 8.91. The van der Waals surface area contributed by atoms with Crippen molar-refractivity contribution >= 4 is 6.09 Å². The van der Waals surface area contributed by atoms with Gasteiger partial charge in [0, 0.05) is 0 Å². The van der Waals surface area contributed by atoms with Crippen LogP contribution in [0, 0.1) is 13.8 Å². The molecule has 2 rings (SSSR count). The number of alkyl carbamates (subject to hydrolysis) is 1. The van der Waals surface area contributed by atoms with Crippen molar-refractivity contribution in [1.82, 2.24) is 5.32 Å². The highest BCUT2D eigenvalue weighted by Crippen LogP contribution is 2.16. The Morgan fingerprint density at radius 2 is 2.19 bits per heavy atom. The van der Waals surface area contributed by atoms with Crippen molar-refractivity contribution in [2.45, 2.75) is 20.0 Å². The van der Waals surface area contributed by atoms with E-state index in [9.17, 15) is 4.79 Å². The number of hydrogen-bond acceptors (Lipinski definition) is 3.